The molecule has 2 aliphatic rings. The lowest BCUT2D eigenvalue weighted by Gasteiger charge is -2.35. The summed E-state index contributed by atoms with van der Waals surface area (Å²) in [6.07, 6.45) is 8.25. The molecule has 1 aliphatic heterocycles. The summed E-state index contributed by atoms with van der Waals surface area (Å²) in [7, 11) is 2.00. The predicted octanol–water partition coefficient (Wildman–Crippen LogP) is 3.19. The van der Waals surface area contributed by atoms with Gasteiger partial charge in [0.25, 0.3) is 0 Å². The van der Waals surface area contributed by atoms with Crippen molar-refractivity contribution < 1.29 is 23.6 Å². The Morgan fingerprint density at radius 1 is 1.07 bits per heavy atom. The fraction of sp³-hybridized carbons (Fsp3) is 0.594. The van der Waals surface area contributed by atoms with Gasteiger partial charge < -0.3 is 20.4 Å². The van der Waals surface area contributed by atoms with E-state index >= 15 is 4.39 Å². The number of nitrogens with zero attached hydrogens (tertiary/aromatic N) is 5. The van der Waals surface area contributed by atoms with Crippen LogP contribution in [-0.4, -0.2) is 89.0 Å². The lowest BCUT2D eigenvalue weighted by atomic mass is 9.90. The monoisotopic (exact) mass is 611 g/mol. The number of aryl methyl sites for hydroxylation is 1. The van der Waals surface area contributed by atoms with Crippen molar-refractivity contribution in [2.45, 2.75) is 83.8 Å². The zero-order chi connectivity index (χ0) is 31.6. The molecule has 1 aromatic heterocycles. The molecule has 1 aliphatic carbocycles. The number of piperazine rings is 1. The summed E-state index contributed by atoms with van der Waals surface area (Å²) in [5, 5.41) is 9.83. The number of benzene rings is 1. The summed E-state index contributed by atoms with van der Waals surface area (Å²) >= 11 is 0. The molecule has 0 unspecified atom stereocenters. The van der Waals surface area contributed by atoms with Crippen LogP contribution in [0.15, 0.2) is 30.5 Å². The molecule has 2 fully saturated rings. The minimum Gasteiger partial charge on any atom is -0.344 e. The normalized spacial score (nSPS) is 17.8. The van der Waals surface area contributed by atoms with Crippen molar-refractivity contribution in [2.75, 3.05) is 43.4 Å². The molecule has 0 spiro atoms. The molecule has 240 valence electrons. The number of likely N-dealkylation sites (N-methyl/N-ethyl adjacent to an activating group) is 1. The number of aromatic nitrogens is 2. The lowest BCUT2D eigenvalue weighted by molar-refractivity contribution is -0.137. The van der Waals surface area contributed by atoms with Crippen molar-refractivity contribution in [1.82, 2.24) is 24.9 Å². The Morgan fingerprint density at radius 2 is 1.77 bits per heavy atom. The van der Waals surface area contributed by atoms with Crippen molar-refractivity contribution >= 4 is 35.6 Å². The van der Waals surface area contributed by atoms with Gasteiger partial charge in [0.1, 0.15) is 23.7 Å². The molecule has 2 N–H and O–H groups in total. The molecule has 12 heteroatoms. The van der Waals surface area contributed by atoms with E-state index in [0.717, 1.165) is 51.6 Å². The van der Waals surface area contributed by atoms with Crippen LogP contribution in [0.2, 0.25) is 0 Å². The minimum atomic E-state index is -0.832. The zero-order valence-electron chi connectivity index (χ0n) is 26.1. The molecule has 4 rings (SSSR count). The van der Waals surface area contributed by atoms with Crippen LogP contribution in [0.1, 0.15) is 64.4 Å². The molecule has 11 nitrogen and oxygen atoms in total. The van der Waals surface area contributed by atoms with Crippen LogP contribution >= 0.6 is 0 Å². The molecule has 4 amide bonds. The summed E-state index contributed by atoms with van der Waals surface area (Å²) in [5.41, 5.74) is 0.512. The number of hydrogen-bond acceptors (Lipinski definition) is 6. The average Bonchev–Trinajstić information content (AvgIpc) is 3.34. The third-order valence-corrected chi connectivity index (χ3v) is 8.79. The van der Waals surface area contributed by atoms with Crippen LogP contribution in [0.4, 0.5) is 15.9 Å². The minimum absolute atomic E-state index is 0.00763. The zero-order valence-corrected chi connectivity index (χ0v) is 26.1. The molecular formula is C32H46FN7O4. The van der Waals surface area contributed by atoms with E-state index < -0.39 is 23.8 Å². The van der Waals surface area contributed by atoms with Crippen LogP contribution in [0.3, 0.4) is 0 Å². The number of hydrogen-bond donors (Lipinski definition) is 2. The Bertz CT molecular complexity index is 1290. The Kier molecular flexibility index (Phi) is 11.9. The molecule has 2 aromatic rings. The number of carbonyl (C=O) groups excluding carboxylic acids is 4. The molecule has 1 saturated carbocycles. The van der Waals surface area contributed by atoms with Gasteiger partial charge in [0, 0.05) is 51.6 Å². The molecule has 2 atom stereocenters. The van der Waals surface area contributed by atoms with E-state index in [4.69, 9.17) is 0 Å². The van der Waals surface area contributed by atoms with Gasteiger partial charge in [-0.15, -0.1) is 0 Å². The number of carbonyl (C=O) groups is 4. The number of rotatable bonds is 12. The van der Waals surface area contributed by atoms with E-state index in [0.29, 0.717) is 37.4 Å². The topological polar surface area (TPSA) is 120 Å². The standard InChI is InChI=1S/C32H46FN7O4/c1-4-28(42)35-27(32(44)38-18-16-37(3)17-19-38)21-23-12-13-26(25(33)20-23)36-31(43)30(24-10-8-6-7-9-11-24)39(22-41)29-14-15-34-40(29)5-2/h12-15,20,22,24,27,30H,4-11,16-19,21H2,1-3H3,(H,35,42)(H,36,43)/t27-,30+/m1/s1. The second kappa shape index (κ2) is 15.8. The first-order valence-electron chi connectivity index (χ1n) is 15.9. The Labute approximate surface area is 259 Å². The third kappa shape index (κ3) is 8.22. The van der Waals surface area contributed by atoms with E-state index in [2.05, 4.69) is 20.6 Å². The molecule has 1 aromatic carbocycles. The summed E-state index contributed by atoms with van der Waals surface area (Å²) in [6, 6.07) is 4.49. The van der Waals surface area contributed by atoms with Crippen LogP contribution < -0.4 is 15.5 Å². The second-order valence-electron chi connectivity index (χ2n) is 11.8. The molecule has 0 bridgehead atoms. The van der Waals surface area contributed by atoms with Crippen molar-refractivity contribution in [3.8, 4) is 0 Å². The highest BCUT2D eigenvalue weighted by Crippen LogP contribution is 2.31. The maximum absolute atomic E-state index is 15.5. The van der Waals surface area contributed by atoms with Crippen molar-refractivity contribution in [2.24, 2.45) is 5.92 Å². The van der Waals surface area contributed by atoms with Crippen LogP contribution in [0.5, 0.6) is 0 Å². The molecule has 44 heavy (non-hydrogen) atoms. The number of nitrogens with one attached hydrogen (secondary N) is 2. The van der Waals surface area contributed by atoms with Gasteiger partial charge in [0.2, 0.25) is 24.1 Å². The first kappa shape index (κ1) is 33.1. The van der Waals surface area contributed by atoms with Gasteiger partial charge in [-0.05, 0) is 50.4 Å². The lowest BCUT2D eigenvalue weighted by Crippen LogP contribution is -2.54. The van der Waals surface area contributed by atoms with Gasteiger partial charge in [0.15, 0.2) is 0 Å². The summed E-state index contributed by atoms with van der Waals surface area (Å²) < 4.78 is 17.2. The SMILES string of the molecule is CCC(=O)N[C@H](Cc1ccc(NC(=O)[C@H](C2CCCCCC2)N(C=O)c2ccnn2CC)c(F)c1)C(=O)N1CCN(C)CC1. The summed E-state index contributed by atoms with van der Waals surface area (Å²) in [6.45, 7) is 6.76. The van der Waals surface area contributed by atoms with E-state index in [1.54, 1.807) is 34.8 Å². The van der Waals surface area contributed by atoms with Gasteiger partial charge in [-0.1, -0.05) is 38.7 Å². The van der Waals surface area contributed by atoms with Gasteiger partial charge in [-0.2, -0.15) is 5.10 Å². The maximum atomic E-state index is 15.5. The molecule has 0 radical (unpaired) electrons. The Hall–Kier alpha value is -3.80. The third-order valence-electron chi connectivity index (χ3n) is 8.79. The van der Waals surface area contributed by atoms with E-state index in [1.807, 2.05) is 14.0 Å². The van der Waals surface area contributed by atoms with Gasteiger partial charge in [-0.3, -0.25) is 24.1 Å². The number of amides is 4. The maximum Gasteiger partial charge on any atom is 0.247 e. The molecule has 1 saturated heterocycles. The Morgan fingerprint density at radius 3 is 2.39 bits per heavy atom. The van der Waals surface area contributed by atoms with Gasteiger partial charge in [0.05, 0.1) is 11.9 Å². The van der Waals surface area contributed by atoms with E-state index in [1.165, 1.54) is 17.0 Å². The fourth-order valence-electron chi connectivity index (χ4n) is 6.22. The van der Waals surface area contributed by atoms with Gasteiger partial charge >= 0.3 is 0 Å². The van der Waals surface area contributed by atoms with Crippen molar-refractivity contribution in [1.29, 1.82) is 0 Å². The molecular weight excluding hydrogens is 565 g/mol. The van der Waals surface area contributed by atoms with Crippen LogP contribution in [-0.2, 0) is 32.1 Å². The van der Waals surface area contributed by atoms with Crippen LogP contribution in [0, 0.1) is 11.7 Å². The smallest absolute Gasteiger partial charge is 0.247 e. The predicted molar refractivity (Wildman–Crippen MR) is 166 cm³/mol. The first-order valence-corrected chi connectivity index (χ1v) is 15.9. The second-order valence-corrected chi connectivity index (χ2v) is 11.8. The average molecular weight is 612 g/mol. The highest BCUT2D eigenvalue weighted by Gasteiger charge is 2.36. The quantitative estimate of drug-likeness (QED) is 0.281. The van der Waals surface area contributed by atoms with E-state index in [-0.39, 0.29) is 36.3 Å². The van der Waals surface area contributed by atoms with Crippen molar-refractivity contribution in [3.05, 3.63) is 41.8 Å². The summed E-state index contributed by atoms with van der Waals surface area (Å²) in [5.74, 6) is -1.13. The Balaban J connectivity index is 1.54. The van der Waals surface area contributed by atoms with E-state index in [9.17, 15) is 19.2 Å². The highest BCUT2D eigenvalue weighted by atomic mass is 19.1. The number of anilines is 2. The highest BCUT2D eigenvalue weighted by molar-refractivity contribution is 6.00. The van der Waals surface area contributed by atoms with Crippen molar-refractivity contribution in [3.63, 3.8) is 0 Å². The molecule has 2 heterocycles. The largest absolute Gasteiger partial charge is 0.344 e. The summed E-state index contributed by atoms with van der Waals surface area (Å²) in [4.78, 5) is 57.3. The van der Waals surface area contributed by atoms with Gasteiger partial charge in [-0.25, -0.2) is 9.07 Å². The number of halogens is 1. The first-order chi connectivity index (χ1) is 21.2. The fourth-order valence-corrected chi connectivity index (χ4v) is 6.22. The van der Waals surface area contributed by atoms with Crippen LogP contribution in [0.25, 0.3) is 0 Å².